The van der Waals surface area contributed by atoms with Crippen LogP contribution in [0.2, 0.25) is 0 Å². The third-order valence-electron chi connectivity index (χ3n) is 2.46. The minimum Gasteiger partial charge on any atom is -0.495 e. The maximum atomic E-state index is 13.5. The molecule has 0 spiro atoms. The predicted octanol–water partition coefficient (Wildman–Crippen LogP) is 0.193. The zero-order valence-electron chi connectivity index (χ0n) is 9.43. The van der Waals surface area contributed by atoms with Gasteiger partial charge in [-0.3, -0.25) is 0 Å². The molecule has 1 aromatic carbocycles. The monoisotopic (exact) mass is 245 g/mol. The fourth-order valence-electron chi connectivity index (χ4n) is 1.49. The summed E-state index contributed by atoms with van der Waals surface area (Å²) in [6.45, 7) is -0.300. The molecule has 0 aliphatic rings. The molecular weight excluding hydrogens is 229 g/mol. The molecule has 0 aromatic heterocycles. The van der Waals surface area contributed by atoms with Crippen LogP contribution in [0.15, 0.2) is 12.1 Å². The quantitative estimate of drug-likeness (QED) is 0.555. The van der Waals surface area contributed by atoms with Gasteiger partial charge < -0.3 is 25.8 Å². The SMILES string of the molecule is COc1cc(C(O)C(O)CCO)c(F)cc1N. The summed E-state index contributed by atoms with van der Waals surface area (Å²) in [6.07, 6.45) is -2.73. The van der Waals surface area contributed by atoms with Crippen LogP contribution in [0.4, 0.5) is 10.1 Å². The lowest BCUT2D eigenvalue weighted by atomic mass is 10.0. The molecule has 0 radical (unpaired) electrons. The number of halogens is 1. The molecule has 0 fully saturated rings. The van der Waals surface area contributed by atoms with E-state index in [-0.39, 0.29) is 30.0 Å². The van der Waals surface area contributed by atoms with Crippen LogP contribution in [0.25, 0.3) is 0 Å². The van der Waals surface area contributed by atoms with Crippen molar-refractivity contribution >= 4 is 5.69 Å². The van der Waals surface area contributed by atoms with Crippen LogP contribution < -0.4 is 10.5 Å². The van der Waals surface area contributed by atoms with E-state index in [0.29, 0.717) is 0 Å². The second-order valence-electron chi connectivity index (χ2n) is 3.64. The number of benzene rings is 1. The highest BCUT2D eigenvalue weighted by molar-refractivity contribution is 5.54. The second kappa shape index (κ2) is 5.81. The van der Waals surface area contributed by atoms with Crippen LogP contribution in [0, 0.1) is 5.82 Å². The van der Waals surface area contributed by atoms with Crippen LogP contribution in [-0.4, -0.2) is 35.1 Å². The van der Waals surface area contributed by atoms with E-state index in [0.717, 1.165) is 6.07 Å². The first kappa shape index (κ1) is 13.7. The number of methoxy groups -OCH3 is 1. The van der Waals surface area contributed by atoms with Gasteiger partial charge in [0.15, 0.2) is 0 Å². The van der Waals surface area contributed by atoms with Crippen molar-refractivity contribution < 1.29 is 24.4 Å². The van der Waals surface area contributed by atoms with Crippen LogP contribution in [0.1, 0.15) is 18.1 Å². The number of anilines is 1. The lowest BCUT2D eigenvalue weighted by Gasteiger charge is -2.19. The maximum absolute atomic E-state index is 13.5. The number of hydrogen-bond donors (Lipinski definition) is 4. The van der Waals surface area contributed by atoms with Crippen LogP contribution in [0.3, 0.4) is 0 Å². The van der Waals surface area contributed by atoms with Gasteiger partial charge in [0.05, 0.1) is 18.9 Å². The lowest BCUT2D eigenvalue weighted by molar-refractivity contribution is 0.00228. The molecule has 1 rings (SSSR count). The molecule has 0 aliphatic heterocycles. The Morgan fingerprint density at radius 2 is 2.06 bits per heavy atom. The number of rotatable bonds is 5. The first-order chi connectivity index (χ1) is 8.01. The third-order valence-corrected chi connectivity index (χ3v) is 2.46. The first-order valence-electron chi connectivity index (χ1n) is 5.11. The average Bonchev–Trinajstić information content (AvgIpc) is 2.29. The van der Waals surface area contributed by atoms with E-state index in [4.69, 9.17) is 15.6 Å². The van der Waals surface area contributed by atoms with E-state index >= 15 is 0 Å². The smallest absolute Gasteiger partial charge is 0.142 e. The molecule has 0 heterocycles. The zero-order chi connectivity index (χ0) is 13.0. The Hall–Kier alpha value is -1.37. The topological polar surface area (TPSA) is 95.9 Å². The van der Waals surface area contributed by atoms with Gasteiger partial charge >= 0.3 is 0 Å². The molecule has 0 aliphatic carbocycles. The lowest BCUT2D eigenvalue weighted by Crippen LogP contribution is -2.20. The summed E-state index contributed by atoms with van der Waals surface area (Å²) in [4.78, 5) is 0. The van der Waals surface area contributed by atoms with E-state index in [1.165, 1.54) is 13.2 Å². The van der Waals surface area contributed by atoms with Crippen molar-refractivity contribution in [3.8, 4) is 5.75 Å². The summed E-state index contributed by atoms with van der Waals surface area (Å²) in [7, 11) is 1.36. The van der Waals surface area contributed by atoms with Crippen molar-refractivity contribution in [3.05, 3.63) is 23.5 Å². The second-order valence-corrected chi connectivity index (χ2v) is 3.64. The number of hydrogen-bond acceptors (Lipinski definition) is 5. The molecule has 0 saturated carbocycles. The van der Waals surface area contributed by atoms with E-state index < -0.39 is 18.0 Å². The molecule has 0 bridgehead atoms. The Bertz CT molecular complexity index is 386. The van der Waals surface area contributed by atoms with E-state index in [1.54, 1.807) is 0 Å². The number of aliphatic hydroxyl groups is 3. The number of nitrogens with two attached hydrogens (primary N) is 1. The van der Waals surface area contributed by atoms with Crippen LogP contribution >= 0.6 is 0 Å². The molecule has 0 saturated heterocycles. The van der Waals surface area contributed by atoms with Crippen LogP contribution in [0.5, 0.6) is 5.75 Å². The van der Waals surface area contributed by atoms with Crippen molar-refractivity contribution in [1.29, 1.82) is 0 Å². The largest absolute Gasteiger partial charge is 0.495 e. The van der Waals surface area contributed by atoms with Gasteiger partial charge in [0, 0.05) is 18.2 Å². The zero-order valence-corrected chi connectivity index (χ0v) is 9.43. The average molecular weight is 245 g/mol. The van der Waals surface area contributed by atoms with Gasteiger partial charge in [-0.25, -0.2) is 4.39 Å². The normalized spacial score (nSPS) is 14.4. The van der Waals surface area contributed by atoms with Crippen molar-refractivity contribution in [3.63, 3.8) is 0 Å². The Labute approximate surface area is 98.3 Å². The summed E-state index contributed by atoms with van der Waals surface area (Å²) in [5.74, 6) is -0.510. The van der Waals surface area contributed by atoms with Gasteiger partial charge in [-0.1, -0.05) is 0 Å². The van der Waals surface area contributed by atoms with Crippen molar-refractivity contribution in [2.75, 3.05) is 19.5 Å². The standard InChI is InChI=1S/C11H16FNO4/c1-17-10-4-6(7(12)5-8(10)13)11(16)9(15)2-3-14/h4-5,9,11,14-16H,2-3,13H2,1H3. The van der Waals surface area contributed by atoms with Gasteiger partial charge in [-0.15, -0.1) is 0 Å². The Balaban J connectivity index is 3.04. The van der Waals surface area contributed by atoms with Crippen molar-refractivity contribution in [2.45, 2.75) is 18.6 Å². The van der Waals surface area contributed by atoms with E-state index in [2.05, 4.69) is 0 Å². The first-order valence-corrected chi connectivity index (χ1v) is 5.11. The Morgan fingerprint density at radius 1 is 1.41 bits per heavy atom. The molecule has 2 atom stereocenters. The van der Waals surface area contributed by atoms with Gasteiger partial charge in [-0.2, -0.15) is 0 Å². The van der Waals surface area contributed by atoms with Crippen molar-refractivity contribution in [1.82, 2.24) is 0 Å². The van der Waals surface area contributed by atoms with Crippen molar-refractivity contribution in [2.24, 2.45) is 0 Å². The highest BCUT2D eigenvalue weighted by atomic mass is 19.1. The number of aliphatic hydroxyl groups excluding tert-OH is 3. The van der Waals surface area contributed by atoms with Gasteiger partial charge in [-0.05, 0) is 12.5 Å². The molecule has 96 valence electrons. The molecule has 17 heavy (non-hydrogen) atoms. The van der Waals surface area contributed by atoms with Gasteiger partial charge in [0.25, 0.3) is 0 Å². The molecule has 2 unspecified atom stereocenters. The molecule has 0 amide bonds. The predicted molar refractivity (Wildman–Crippen MR) is 60.0 cm³/mol. The molecular formula is C11H16FNO4. The number of nitrogen functional groups attached to an aromatic ring is 1. The molecule has 6 heteroatoms. The van der Waals surface area contributed by atoms with Gasteiger partial charge in [0.2, 0.25) is 0 Å². The fourth-order valence-corrected chi connectivity index (χ4v) is 1.49. The Morgan fingerprint density at radius 3 is 2.59 bits per heavy atom. The highest BCUT2D eigenvalue weighted by Crippen LogP contribution is 2.30. The fraction of sp³-hybridized carbons (Fsp3) is 0.455. The molecule has 5 nitrogen and oxygen atoms in total. The highest BCUT2D eigenvalue weighted by Gasteiger charge is 2.22. The van der Waals surface area contributed by atoms with Crippen LogP contribution in [-0.2, 0) is 0 Å². The maximum Gasteiger partial charge on any atom is 0.142 e. The minimum atomic E-state index is -1.43. The van der Waals surface area contributed by atoms with Gasteiger partial charge in [0.1, 0.15) is 17.7 Å². The van der Waals surface area contributed by atoms with E-state index in [9.17, 15) is 14.6 Å². The minimum absolute atomic E-state index is 0.0483. The van der Waals surface area contributed by atoms with E-state index in [1.807, 2.05) is 0 Å². The number of ether oxygens (including phenoxy) is 1. The molecule has 1 aromatic rings. The Kier molecular flexibility index (Phi) is 4.68. The summed E-state index contributed by atoms with van der Waals surface area (Å²) >= 11 is 0. The summed E-state index contributed by atoms with van der Waals surface area (Å²) in [5.41, 5.74) is 5.48. The molecule has 5 N–H and O–H groups in total. The summed E-state index contributed by atoms with van der Waals surface area (Å²) < 4.78 is 18.4. The summed E-state index contributed by atoms with van der Waals surface area (Å²) in [5, 5.41) is 27.8. The third kappa shape index (κ3) is 3.06. The summed E-state index contributed by atoms with van der Waals surface area (Å²) in [6, 6.07) is 2.25.